The Hall–Kier alpha value is -2.46. The molecule has 4 heteroatoms. The number of fused-ring (bicyclic) bond motifs is 1. The number of aromatic amines is 1. The molecule has 1 heterocycles. The van der Waals surface area contributed by atoms with E-state index in [1.165, 1.54) is 29.4 Å². The van der Waals surface area contributed by atoms with E-state index in [4.69, 9.17) is 5.73 Å². The van der Waals surface area contributed by atoms with Crippen LogP contribution in [-0.4, -0.2) is 17.1 Å². The highest BCUT2D eigenvalue weighted by molar-refractivity contribution is 5.96. The number of hydrogen-bond donors (Lipinski definition) is 4. The van der Waals surface area contributed by atoms with Crippen molar-refractivity contribution >= 4 is 28.0 Å². The van der Waals surface area contributed by atoms with E-state index in [9.17, 15) is 0 Å². The molecular formula is C22H28N4. The third-order valence-corrected chi connectivity index (χ3v) is 5.34. The molecule has 3 aromatic rings. The molecule has 0 spiro atoms. The van der Waals surface area contributed by atoms with Gasteiger partial charge in [0.25, 0.3) is 0 Å². The van der Waals surface area contributed by atoms with Gasteiger partial charge in [-0.1, -0.05) is 18.9 Å². The quantitative estimate of drug-likeness (QED) is 0.523. The summed E-state index contributed by atoms with van der Waals surface area (Å²) in [7, 11) is 0. The highest BCUT2D eigenvalue weighted by atomic mass is 15.0. The smallest absolute Gasteiger partial charge is 0.0500 e. The molecule has 1 saturated carbocycles. The Morgan fingerprint density at radius 2 is 1.73 bits per heavy atom. The molecule has 0 amide bonds. The first-order valence-electron chi connectivity index (χ1n) is 9.57. The number of aryl methyl sites for hydroxylation is 2. The van der Waals surface area contributed by atoms with Crippen molar-refractivity contribution in [2.24, 2.45) is 5.73 Å². The molecule has 0 radical (unpaired) electrons. The van der Waals surface area contributed by atoms with Crippen LogP contribution in [0.25, 0.3) is 10.9 Å². The maximum absolute atomic E-state index is 6.33. The average Bonchev–Trinajstić information content (AvgIpc) is 3.05. The van der Waals surface area contributed by atoms with Crippen LogP contribution in [0.2, 0.25) is 0 Å². The van der Waals surface area contributed by atoms with Crippen molar-refractivity contribution in [1.29, 1.82) is 0 Å². The normalized spacial score (nSPS) is 20.3. The van der Waals surface area contributed by atoms with Crippen LogP contribution in [0, 0.1) is 13.8 Å². The van der Waals surface area contributed by atoms with Crippen molar-refractivity contribution in [3.05, 3.63) is 53.7 Å². The molecule has 5 N–H and O–H groups in total. The van der Waals surface area contributed by atoms with Gasteiger partial charge in [0, 0.05) is 46.2 Å². The van der Waals surface area contributed by atoms with Gasteiger partial charge in [0.05, 0.1) is 0 Å². The molecule has 4 rings (SSSR count). The SMILES string of the molecule is Cc1cc(C)cc(Nc2cc(N[C@@H]3CCCC[C@@H]3N)cc3[nH]ccc23)c1. The zero-order valence-electron chi connectivity index (χ0n) is 15.6. The fraction of sp³-hybridized carbons (Fsp3) is 0.364. The van der Waals surface area contributed by atoms with Gasteiger partial charge in [0.2, 0.25) is 0 Å². The minimum atomic E-state index is 0.235. The summed E-state index contributed by atoms with van der Waals surface area (Å²) in [5.74, 6) is 0. The lowest BCUT2D eigenvalue weighted by Crippen LogP contribution is -2.42. The van der Waals surface area contributed by atoms with Crippen molar-refractivity contribution in [3.8, 4) is 0 Å². The van der Waals surface area contributed by atoms with Crippen LogP contribution < -0.4 is 16.4 Å². The Bertz CT molecular complexity index is 891. The Labute approximate surface area is 155 Å². The number of nitrogens with two attached hydrogens (primary N) is 1. The summed E-state index contributed by atoms with van der Waals surface area (Å²) in [5, 5.41) is 8.49. The zero-order valence-corrected chi connectivity index (χ0v) is 15.6. The maximum atomic E-state index is 6.33. The standard InChI is InChI=1S/C22H28N4/c1-14-9-15(2)11-16(10-14)26-22-13-17(12-21-18(22)7-8-24-21)25-20-6-4-3-5-19(20)23/h7-13,19-20,24-26H,3-6,23H2,1-2H3/t19-,20+/m0/s1. The number of aromatic nitrogens is 1. The van der Waals surface area contributed by atoms with E-state index in [0.29, 0.717) is 6.04 Å². The van der Waals surface area contributed by atoms with Crippen LogP contribution >= 0.6 is 0 Å². The molecule has 0 saturated heterocycles. The summed E-state index contributed by atoms with van der Waals surface area (Å²) >= 11 is 0. The van der Waals surface area contributed by atoms with E-state index in [-0.39, 0.29) is 6.04 Å². The summed E-state index contributed by atoms with van der Waals surface area (Å²) in [5.41, 5.74) is 13.3. The maximum Gasteiger partial charge on any atom is 0.0500 e. The number of rotatable bonds is 4. The molecule has 1 aliphatic carbocycles. The van der Waals surface area contributed by atoms with Gasteiger partial charge < -0.3 is 21.4 Å². The van der Waals surface area contributed by atoms with E-state index in [2.05, 4.69) is 65.9 Å². The molecular weight excluding hydrogens is 320 g/mol. The van der Waals surface area contributed by atoms with Gasteiger partial charge in [-0.05, 0) is 68.1 Å². The summed E-state index contributed by atoms with van der Waals surface area (Å²) in [4.78, 5) is 3.35. The molecule has 1 fully saturated rings. The van der Waals surface area contributed by atoms with E-state index < -0.39 is 0 Å². The van der Waals surface area contributed by atoms with Crippen LogP contribution in [0.3, 0.4) is 0 Å². The monoisotopic (exact) mass is 348 g/mol. The summed E-state index contributed by atoms with van der Waals surface area (Å²) in [6, 6.07) is 13.7. The first-order valence-corrected chi connectivity index (χ1v) is 9.57. The Balaban J connectivity index is 1.66. The number of benzene rings is 2. The molecule has 0 bridgehead atoms. The first-order chi connectivity index (χ1) is 12.6. The van der Waals surface area contributed by atoms with Crippen LogP contribution in [-0.2, 0) is 0 Å². The fourth-order valence-corrected chi connectivity index (χ4v) is 4.11. The van der Waals surface area contributed by atoms with Crippen molar-refractivity contribution < 1.29 is 0 Å². The van der Waals surface area contributed by atoms with Crippen molar-refractivity contribution in [2.45, 2.75) is 51.6 Å². The molecule has 4 nitrogen and oxygen atoms in total. The van der Waals surface area contributed by atoms with Crippen LogP contribution in [0.1, 0.15) is 36.8 Å². The molecule has 1 aromatic heterocycles. The Morgan fingerprint density at radius 1 is 0.962 bits per heavy atom. The number of H-pyrrole nitrogens is 1. The third kappa shape index (κ3) is 3.56. The summed E-state index contributed by atoms with van der Waals surface area (Å²) in [6.07, 6.45) is 6.74. The minimum absolute atomic E-state index is 0.235. The number of anilines is 3. The molecule has 2 atom stereocenters. The van der Waals surface area contributed by atoms with E-state index in [1.54, 1.807) is 0 Å². The largest absolute Gasteiger partial charge is 0.381 e. The highest BCUT2D eigenvalue weighted by Crippen LogP contribution is 2.32. The lowest BCUT2D eigenvalue weighted by molar-refractivity contribution is 0.404. The van der Waals surface area contributed by atoms with Gasteiger partial charge in [0.15, 0.2) is 0 Å². The molecule has 136 valence electrons. The van der Waals surface area contributed by atoms with E-state index in [1.807, 2.05) is 6.20 Å². The van der Waals surface area contributed by atoms with E-state index in [0.717, 1.165) is 35.4 Å². The van der Waals surface area contributed by atoms with E-state index >= 15 is 0 Å². The molecule has 0 aliphatic heterocycles. The first kappa shape index (κ1) is 17.0. The fourth-order valence-electron chi connectivity index (χ4n) is 4.11. The molecule has 1 aliphatic rings. The average molecular weight is 348 g/mol. The van der Waals surface area contributed by atoms with Crippen LogP contribution in [0.15, 0.2) is 42.6 Å². The Morgan fingerprint density at radius 3 is 2.50 bits per heavy atom. The predicted octanol–water partition coefficient (Wildman–Crippen LogP) is 5.21. The lowest BCUT2D eigenvalue weighted by Gasteiger charge is -2.30. The molecule has 26 heavy (non-hydrogen) atoms. The molecule has 2 aromatic carbocycles. The second-order valence-corrected chi connectivity index (χ2v) is 7.66. The topological polar surface area (TPSA) is 65.9 Å². The number of nitrogens with one attached hydrogen (secondary N) is 3. The van der Waals surface area contributed by atoms with Crippen LogP contribution in [0.5, 0.6) is 0 Å². The second-order valence-electron chi connectivity index (χ2n) is 7.66. The summed E-state index contributed by atoms with van der Waals surface area (Å²) in [6.45, 7) is 4.26. The van der Waals surface area contributed by atoms with Crippen molar-refractivity contribution in [2.75, 3.05) is 10.6 Å². The van der Waals surface area contributed by atoms with Gasteiger partial charge in [-0.25, -0.2) is 0 Å². The van der Waals surface area contributed by atoms with Gasteiger partial charge >= 0.3 is 0 Å². The van der Waals surface area contributed by atoms with Crippen molar-refractivity contribution in [3.63, 3.8) is 0 Å². The van der Waals surface area contributed by atoms with Crippen molar-refractivity contribution in [1.82, 2.24) is 4.98 Å². The third-order valence-electron chi connectivity index (χ3n) is 5.34. The van der Waals surface area contributed by atoms with Crippen LogP contribution in [0.4, 0.5) is 17.1 Å². The van der Waals surface area contributed by atoms with Gasteiger partial charge in [-0.15, -0.1) is 0 Å². The predicted molar refractivity (Wildman–Crippen MR) is 111 cm³/mol. The highest BCUT2D eigenvalue weighted by Gasteiger charge is 2.21. The van der Waals surface area contributed by atoms with Gasteiger partial charge in [0.1, 0.15) is 0 Å². The lowest BCUT2D eigenvalue weighted by atomic mass is 9.91. The number of hydrogen-bond acceptors (Lipinski definition) is 3. The Kier molecular flexibility index (Phi) is 4.60. The second kappa shape index (κ2) is 7.04. The summed E-state index contributed by atoms with van der Waals surface area (Å²) < 4.78 is 0. The van der Waals surface area contributed by atoms with Gasteiger partial charge in [-0.3, -0.25) is 0 Å². The minimum Gasteiger partial charge on any atom is -0.381 e. The van der Waals surface area contributed by atoms with Gasteiger partial charge in [-0.2, -0.15) is 0 Å². The zero-order chi connectivity index (χ0) is 18.1. The molecule has 0 unspecified atom stereocenters.